The summed E-state index contributed by atoms with van der Waals surface area (Å²) < 4.78 is 17.2. The summed E-state index contributed by atoms with van der Waals surface area (Å²) >= 11 is 0. The Morgan fingerprint density at radius 2 is 1.53 bits per heavy atom. The molecule has 0 N–H and O–H groups in total. The molecular formula is C36H36N6O3. The third kappa shape index (κ3) is 5.13. The van der Waals surface area contributed by atoms with E-state index in [2.05, 4.69) is 82.3 Å². The Balaban J connectivity index is 1.36. The first kappa shape index (κ1) is 28.7. The summed E-state index contributed by atoms with van der Waals surface area (Å²) in [6.45, 7) is 5.07. The first-order chi connectivity index (χ1) is 22.1. The van der Waals surface area contributed by atoms with Gasteiger partial charge < -0.3 is 14.0 Å². The third-order valence-electron chi connectivity index (χ3n) is 8.56. The molecule has 0 bridgehead atoms. The molecule has 1 atom stereocenters. The van der Waals surface area contributed by atoms with Gasteiger partial charge in [-0.2, -0.15) is 0 Å². The van der Waals surface area contributed by atoms with Gasteiger partial charge in [-0.05, 0) is 43.4 Å². The number of benzene rings is 3. The van der Waals surface area contributed by atoms with Crippen LogP contribution in [0.15, 0.2) is 115 Å². The van der Waals surface area contributed by atoms with Gasteiger partial charge in [0.2, 0.25) is 5.65 Å². The van der Waals surface area contributed by atoms with E-state index in [1.807, 2.05) is 44.6 Å². The molecule has 45 heavy (non-hydrogen) atoms. The lowest BCUT2D eigenvalue weighted by Crippen LogP contribution is -2.36. The van der Waals surface area contributed by atoms with Crippen molar-refractivity contribution in [1.82, 2.24) is 28.7 Å². The Morgan fingerprint density at radius 3 is 2.09 bits per heavy atom. The van der Waals surface area contributed by atoms with E-state index >= 15 is 0 Å². The summed E-state index contributed by atoms with van der Waals surface area (Å²) in [7, 11) is 0. The van der Waals surface area contributed by atoms with Crippen molar-refractivity contribution in [2.45, 2.75) is 50.8 Å². The minimum absolute atomic E-state index is 0.157. The second-order valence-corrected chi connectivity index (χ2v) is 11.7. The first-order valence-corrected chi connectivity index (χ1v) is 15.5. The largest absolute Gasteiger partial charge is 0.463 e. The third-order valence-corrected chi connectivity index (χ3v) is 8.56. The minimum Gasteiger partial charge on any atom is -0.463 e. The van der Waals surface area contributed by atoms with E-state index in [-0.39, 0.29) is 29.4 Å². The highest BCUT2D eigenvalue weighted by atomic mass is 16.5. The molecule has 6 aromatic rings. The van der Waals surface area contributed by atoms with Crippen LogP contribution in [0.3, 0.4) is 0 Å². The molecule has 228 valence electrons. The van der Waals surface area contributed by atoms with Crippen molar-refractivity contribution in [3.63, 3.8) is 0 Å². The predicted octanol–water partition coefficient (Wildman–Crippen LogP) is 6.12. The lowest BCUT2D eigenvalue weighted by Gasteiger charge is -2.37. The van der Waals surface area contributed by atoms with Gasteiger partial charge >= 0.3 is 6.01 Å². The Labute approximate surface area is 261 Å². The highest BCUT2D eigenvalue weighted by Crippen LogP contribution is 2.41. The van der Waals surface area contributed by atoms with Crippen LogP contribution >= 0.6 is 0 Å². The smallest absolute Gasteiger partial charge is 0.317 e. The fraction of sp³-hybridized carbons (Fsp3) is 0.278. The molecule has 0 saturated carbocycles. The lowest BCUT2D eigenvalue weighted by molar-refractivity contribution is 0.0873. The maximum absolute atomic E-state index is 13.7. The molecule has 1 aliphatic rings. The lowest BCUT2D eigenvalue weighted by atomic mass is 9.77. The zero-order chi connectivity index (χ0) is 30.8. The van der Waals surface area contributed by atoms with Crippen molar-refractivity contribution < 1.29 is 9.47 Å². The molecular weight excluding hydrogens is 564 g/mol. The van der Waals surface area contributed by atoms with Crippen molar-refractivity contribution in [2.24, 2.45) is 0 Å². The fourth-order valence-corrected chi connectivity index (χ4v) is 6.43. The Bertz CT molecular complexity index is 1840. The highest BCUT2D eigenvalue weighted by Gasteiger charge is 2.38. The van der Waals surface area contributed by atoms with Crippen LogP contribution in [0, 0.1) is 0 Å². The summed E-state index contributed by atoms with van der Waals surface area (Å²) in [5.41, 5.74) is 3.74. The van der Waals surface area contributed by atoms with Crippen molar-refractivity contribution >= 4 is 5.65 Å². The maximum atomic E-state index is 13.7. The molecule has 1 fully saturated rings. The molecule has 1 saturated heterocycles. The van der Waals surface area contributed by atoms with Gasteiger partial charge in [0.15, 0.2) is 0 Å². The molecule has 9 nitrogen and oxygen atoms in total. The molecule has 3 aromatic heterocycles. The molecule has 9 heteroatoms. The van der Waals surface area contributed by atoms with E-state index < -0.39 is 5.54 Å². The Kier molecular flexibility index (Phi) is 7.77. The van der Waals surface area contributed by atoms with Crippen LogP contribution in [0.1, 0.15) is 55.8 Å². The zero-order valence-corrected chi connectivity index (χ0v) is 25.5. The average Bonchev–Trinajstić information content (AvgIpc) is 3.85. The maximum Gasteiger partial charge on any atom is 0.317 e. The highest BCUT2D eigenvalue weighted by molar-refractivity contribution is 5.59. The molecule has 0 spiro atoms. The van der Waals surface area contributed by atoms with Crippen LogP contribution < -0.4 is 10.3 Å². The summed E-state index contributed by atoms with van der Waals surface area (Å²) in [4.78, 5) is 23.1. The van der Waals surface area contributed by atoms with Crippen LogP contribution in [-0.2, 0) is 10.3 Å². The molecule has 0 aliphatic carbocycles. The van der Waals surface area contributed by atoms with Crippen molar-refractivity contribution in [3.05, 3.63) is 137 Å². The monoisotopic (exact) mass is 600 g/mol. The van der Waals surface area contributed by atoms with Crippen LogP contribution in [0.2, 0.25) is 0 Å². The van der Waals surface area contributed by atoms with E-state index in [0.717, 1.165) is 42.6 Å². The van der Waals surface area contributed by atoms with Gasteiger partial charge in [0.05, 0.1) is 25.2 Å². The number of aromatic nitrogens is 6. The molecule has 0 amide bonds. The molecule has 4 heterocycles. The second-order valence-electron chi connectivity index (χ2n) is 11.7. The number of nitrogens with zero attached hydrogens (tertiary/aromatic N) is 6. The van der Waals surface area contributed by atoms with Gasteiger partial charge in [-0.3, -0.25) is 9.36 Å². The van der Waals surface area contributed by atoms with Crippen LogP contribution in [0.25, 0.3) is 17.0 Å². The van der Waals surface area contributed by atoms with E-state index in [1.54, 1.807) is 15.3 Å². The van der Waals surface area contributed by atoms with Crippen molar-refractivity contribution in [2.75, 3.05) is 13.2 Å². The predicted molar refractivity (Wildman–Crippen MR) is 173 cm³/mol. The fourth-order valence-electron chi connectivity index (χ4n) is 6.43. The van der Waals surface area contributed by atoms with Crippen LogP contribution in [-0.4, -0.2) is 48.0 Å². The Hall–Kier alpha value is -5.02. The Morgan fingerprint density at radius 1 is 0.911 bits per heavy atom. The molecule has 0 radical (unpaired) electrons. The quantitative estimate of drug-likeness (QED) is 0.176. The average molecular weight is 601 g/mol. The van der Waals surface area contributed by atoms with Crippen molar-refractivity contribution in [3.8, 4) is 17.4 Å². The summed E-state index contributed by atoms with van der Waals surface area (Å²) in [6, 6.07) is 31.4. The normalized spacial score (nSPS) is 15.2. The van der Waals surface area contributed by atoms with E-state index in [9.17, 15) is 4.79 Å². The zero-order valence-electron chi connectivity index (χ0n) is 25.5. The van der Waals surface area contributed by atoms with Gasteiger partial charge in [0.1, 0.15) is 16.9 Å². The molecule has 1 unspecified atom stereocenters. The number of hydrogen-bond acceptors (Lipinski definition) is 6. The topological polar surface area (TPSA) is 88.5 Å². The summed E-state index contributed by atoms with van der Waals surface area (Å²) in [5, 5.41) is 4.81. The summed E-state index contributed by atoms with van der Waals surface area (Å²) in [5.74, 6) is 0. The number of imidazole rings is 2. The van der Waals surface area contributed by atoms with Crippen LogP contribution in [0.4, 0.5) is 0 Å². The molecule has 1 aliphatic heterocycles. The van der Waals surface area contributed by atoms with Gasteiger partial charge in [-0.25, -0.2) is 14.5 Å². The first-order valence-electron chi connectivity index (χ1n) is 15.5. The van der Waals surface area contributed by atoms with E-state index in [0.29, 0.717) is 18.0 Å². The second kappa shape index (κ2) is 12.2. The standard InChI is InChI=1S/C36H36N6O3/c1-26(2)41-34(43)33-37-23-32(42(33)39-35(41)45-22-20-30-19-12-21-44-30)31-24-40(25-38-31)36(27-13-6-3-7-14-27,28-15-8-4-9-16-28)29-17-10-5-11-18-29/h3-11,13-18,23-26,30H,12,19-22H2,1-2H3. The van der Waals surface area contributed by atoms with Gasteiger partial charge in [0, 0.05) is 25.3 Å². The number of ether oxygens (including phenoxy) is 2. The van der Waals surface area contributed by atoms with Crippen LogP contribution in [0.5, 0.6) is 6.01 Å². The number of rotatable bonds is 10. The minimum atomic E-state index is -0.718. The number of fused-ring (bicyclic) bond motifs is 1. The van der Waals surface area contributed by atoms with Crippen molar-refractivity contribution in [1.29, 1.82) is 0 Å². The van der Waals surface area contributed by atoms with Gasteiger partial charge in [-0.15, -0.1) is 5.10 Å². The molecule has 7 rings (SSSR count). The summed E-state index contributed by atoms with van der Waals surface area (Å²) in [6.07, 6.45) is 8.52. The van der Waals surface area contributed by atoms with E-state index in [1.165, 1.54) is 0 Å². The van der Waals surface area contributed by atoms with Gasteiger partial charge in [0.25, 0.3) is 5.56 Å². The molecule has 3 aromatic carbocycles. The van der Waals surface area contributed by atoms with Gasteiger partial charge in [-0.1, -0.05) is 91.0 Å². The number of hydrogen-bond donors (Lipinski definition) is 0. The van der Waals surface area contributed by atoms with E-state index in [4.69, 9.17) is 19.6 Å². The SMILES string of the molecule is CC(C)n1c(OCCC2CCCO2)nn2c(-c3cn(C(c4ccccc4)(c4ccccc4)c4ccccc4)cn3)cnc2c1=O.